The summed E-state index contributed by atoms with van der Waals surface area (Å²) in [6.07, 6.45) is -2.19. The first kappa shape index (κ1) is 16.3. The van der Waals surface area contributed by atoms with Crippen LogP contribution in [0.4, 0.5) is 18.9 Å². The molecule has 22 heavy (non-hydrogen) atoms. The summed E-state index contributed by atoms with van der Waals surface area (Å²) in [5.74, 6) is -0.698. The molecule has 2 amide bonds. The van der Waals surface area contributed by atoms with Gasteiger partial charge in [-0.25, -0.2) is 0 Å². The molecule has 1 atom stereocenters. The van der Waals surface area contributed by atoms with Crippen LogP contribution in [0.1, 0.15) is 36.8 Å². The van der Waals surface area contributed by atoms with Gasteiger partial charge in [-0.3, -0.25) is 9.59 Å². The second kappa shape index (κ2) is 6.37. The summed E-state index contributed by atoms with van der Waals surface area (Å²) in [7, 11) is 0. The van der Waals surface area contributed by atoms with E-state index in [0.29, 0.717) is 19.3 Å². The third kappa shape index (κ3) is 3.78. The van der Waals surface area contributed by atoms with E-state index >= 15 is 0 Å². The van der Waals surface area contributed by atoms with E-state index in [2.05, 4.69) is 10.6 Å². The maximum absolute atomic E-state index is 12.9. The zero-order valence-electron chi connectivity index (χ0n) is 12.1. The molecule has 4 nitrogen and oxygen atoms in total. The summed E-state index contributed by atoms with van der Waals surface area (Å²) in [6.45, 7) is 1.31. The second-order valence-electron chi connectivity index (χ2n) is 5.33. The van der Waals surface area contributed by atoms with Crippen molar-refractivity contribution in [3.63, 3.8) is 0 Å². The van der Waals surface area contributed by atoms with Gasteiger partial charge in [0.25, 0.3) is 0 Å². The molecule has 1 unspecified atom stereocenters. The van der Waals surface area contributed by atoms with Crippen molar-refractivity contribution in [3.05, 3.63) is 29.3 Å². The Balaban J connectivity index is 2.16. The minimum atomic E-state index is -4.47. The first-order chi connectivity index (χ1) is 10.3. The Morgan fingerprint density at radius 2 is 2.05 bits per heavy atom. The molecule has 2 N–H and O–H groups in total. The van der Waals surface area contributed by atoms with E-state index in [0.717, 1.165) is 12.5 Å². The molecule has 1 heterocycles. The second-order valence-corrected chi connectivity index (χ2v) is 5.33. The number of anilines is 1. The van der Waals surface area contributed by atoms with E-state index in [1.807, 2.05) is 0 Å². The molecular weight excluding hydrogens is 297 g/mol. The average molecular weight is 314 g/mol. The van der Waals surface area contributed by atoms with Crippen molar-refractivity contribution >= 4 is 17.5 Å². The van der Waals surface area contributed by atoms with Crippen LogP contribution in [0.15, 0.2) is 18.2 Å². The number of nitrogens with one attached hydrogen (secondary N) is 2. The first-order valence-electron chi connectivity index (χ1n) is 7.06. The number of alkyl halides is 3. The van der Waals surface area contributed by atoms with Gasteiger partial charge in [-0.1, -0.05) is 12.5 Å². The Bertz CT molecular complexity index is 585. The van der Waals surface area contributed by atoms with E-state index in [9.17, 15) is 22.8 Å². The van der Waals surface area contributed by atoms with Gasteiger partial charge in [0.15, 0.2) is 0 Å². The molecule has 2 rings (SSSR count). The van der Waals surface area contributed by atoms with E-state index in [-0.39, 0.29) is 17.2 Å². The van der Waals surface area contributed by atoms with Crippen molar-refractivity contribution in [1.82, 2.24) is 5.32 Å². The highest BCUT2D eigenvalue weighted by molar-refractivity contribution is 5.98. The molecule has 120 valence electrons. The standard InChI is InChI=1S/C15H17F3N2O2/c1-9-10(15(16,17)18)5-4-7-11(9)20-14(22)12-6-2-3-8-13(21)19-12/h4-5,7,12H,2-3,6,8H2,1H3,(H,19,21)(H,20,22). The zero-order chi connectivity index (χ0) is 16.3. The summed E-state index contributed by atoms with van der Waals surface area (Å²) in [5, 5.41) is 5.08. The van der Waals surface area contributed by atoms with Crippen molar-refractivity contribution in [2.45, 2.75) is 44.8 Å². The lowest BCUT2D eigenvalue weighted by Gasteiger charge is -2.18. The number of hydrogen-bond donors (Lipinski definition) is 2. The summed E-state index contributed by atoms with van der Waals surface area (Å²) in [4.78, 5) is 23.6. The Hall–Kier alpha value is -2.05. The largest absolute Gasteiger partial charge is 0.416 e. The zero-order valence-corrected chi connectivity index (χ0v) is 12.1. The van der Waals surface area contributed by atoms with Crippen LogP contribution in [0.3, 0.4) is 0 Å². The lowest BCUT2D eigenvalue weighted by Crippen LogP contribution is -2.42. The number of hydrogen-bond acceptors (Lipinski definition) is 2. The SMILES string of the molecule is Cc1c(NC(=O)C2CCCCC(=O)N2)cccc1C(F)(F)F. The number of amides is 2. The molecule has 0 spiro atoms. The highest BCUT2D eigenvalue weighted by Gasteiger charge is 2.33. The molecule has 0 bridgehead atoms. The fourth-order valence-corrected chi connectivity index (χ4v) is 2.47. The van der Waals surface area contributed by atoms with Crippen LogP contribution in [-0.2, 0) is 15.8 Å². The number of halogens is 3. The normalized spacial score (nSPS) is 19.3. The van der Waals surface area contributed by atoms with Gasteiger partial charge < -0.3 is 10.6 Å². The van der Waals surface area contributed by atoms with Gasteiger partial charge in [-0.05, 0) is 37.5 Å². The van der Waals surface area contributed by atoms with Crippen LogP contribution >= 0.6 is 0 Å². The molecule has 0 radical (unpaired) electrons. The highest BCUT2D eigenvalue weighted by atomic mass is 19.4. The average Bonchev–Trinajstić information content (AvgIpc) is 2.64. The summed E-state index contributed by atoms with van der Waals surface area (Å²) < 4.78 is 38.6. The van der Waals surface area contributed by atoms with Crippen LogP contribution in [-0.4, -0.2) is 17.9 Å². The predicted octanol–water partition coefficient (Wildman–Crippen LogP) is 3.01. The molecule has 0 aliphatic carbocycles. The summed E-state index contributed by atoms with van der Waals surface area (Å²) >= 11 is 0. The third-order valence-corrected chi connectivity index (χ3v) is 3.70. The van der Waals surface area contributed by atoms with Gasteiger partial charge in [-0.15, -0.1) is 0 Å². The van der Waals surface area contributed by atoms with E-state index in [1.54, 1.807) is 0 Å². The molecule has 0 aromatic heterocycles. The quantitative estimate of drug-likeness (QED) is 0.881. The molecule has 1 aromatic rings. The Kier molecular flexibility index (Phi) is 4.73. The fraction of sp³-hybridized carbons (Fsp3) is 0.467. The number of rotatable bonds is 2. The lowest BCUT2D eigenvalue weighted by atomic mass is 10.1. The number of carbonyl (C=O) groups is 2. The van der Waals surface area contributed by atoms with Crippen molar-refractivity contribution in [2.75, 3.05) is 5.32 Å². The minimum Gasteiger partial charge on any atom is -0.344 e. The van der Waals surface area contributed by atoms with Crippen molar-refractivity contribution in [2.24, 2.45) is 0 Å². The van der Waals surface area contributed by atoms with E-state index in [1.165, 1.54) is 19.1 Å². The van der Waals surface area contributed by atoms with E-state index < -0.39 is 23.7 Å². The Morgan fingerprint density at radius 1 is 1.32 bits per heavy atom. The van der Waals surface area contributed by atoms with Crippen molar-refractivity contribution in [3.8, 4) is 0 Å². The maximum atomic E-state index is 12.9. The van der Waals surface area contributed by atoms with Crippen molar-refractivity contribution < 1.29 is 22.8 Å². The molecular formula is C15H17F3N2O2. The minimum absolute atomic E-state index is 0.0386. The van der Waals surface area contributed by atoms with Crippen LogP contribution < -0.4 is 10.6 Å². The van der Waals surface area contributed by atoms with Gasteiger partial charge in [-0.2, -0.15) is 13.2 Å². The molecule has 1 fully saturated rings. The maximum Gasteiger partial charge on any atom is 0.416 e. The third-order valence-electron chi connectivity index (χ3n) is 3.70. The topological polar surface area (TPSA) is 58.2 Å². The van der Waals surface area contributed by atoms with Gasteiger partial charge in [0.1, 0.15) is 6.04 Å². The van der Waals surface area contributed by atoms with E-state index in [4.69, 9.17) is 0 Å². The summed E-state index contributed by atoms with van der Waals surface area (Å²) in [6, 6.07) is 2.93. The molecule has 1 aliphatic heterocycles. The Labute approximate surface area is 126 Å². The predicted molar refractivity (Wildman–Crippen MR) is 75.2 cm³/mol. The highest BCUT2D eigenvalue weighted by Crippen LogP contribution is 2.34. The molecule has 0 saturated carbocycles. The van der Waals surface area contributed by atoms with Crippen LogP contribution in [0, 0.1) is 6.92 Å². The monoisotopic (exact) mass is 314 g/mol. The molecule has 1 saturated heterocycles. The first-order valence-corrected chi connectivity index (χ1v) is 7.06. The Morgan fingerprint density at radius 3 is 2.73 bits per heavy atom. The van der Waals surface area contributed by atoms with Gasteiger partial charge >= 0.3 is 6.18 Å². The van der Waals surface area contributed by atoms with Crippen LogP contribution in [0.2, 0.25) is 0 Å². The fourth-order valence-electron chi connectivity index (χ4n) is 2.47. The van der Waals surface area contributed by atoms with Crippen molar-refractivity contribution in [1.29, 1.82) is 0 Å². The van der Waals surface area contributed by atoms with Gasteiger partial charge in [0.05, 0.1) is 5.56 Å². The molecule has 1 aliphatic rings. The number of carbonyl (C=O) groups excluding carboxylic acids is 2. The smallest absolute Gasteiger partial charge is 0.344 e. The molecule has 1 aromatic carbocycles. The number of benzene rings is 1. The van der Waals surface area contributed by atoms with Gasteiger partial charge in [0, 0.05) is 12.1 Å². The van der Waals surface area contributed by atoms with Gasteiger partial charge in [0.2, 0.25) is 11.8 Å². The lowest BCUT2D eigenvalue weighted by molar-refractivity contribution is -0.138. The molecule has 7 heteroatoms. The summed E-state index contributed by atoms with van der Waals surface area (Å²) in [5.41, 5.74) is -0.711. The van der Waals surface area contributed by atoms with Crippen LogP contribution in [0.5, 0.6) is 0 Å². The van der Waals surface area contributed by atoms with Crippen LogP contribution in [0.25, 0.3) is 0 Å².